The molecule has 21 heavy (non-hydrogen) atoms. The van der Waals surface area contributed by atoms with Crippen molar-refractivity contribution in [3.8, 4) is 0 Å². The SMILES string of the molecule is B[C@H](OC(CN)COP(=O)(C(C)C)N(C)C)C(C)=C(C)C. The summed E-state index contributed by atoms with van der Waals surface area (Å²) < 4.78 is 26.1. The molecular formula is C14H32BN2O3P. The monoisotopic (exact) mass is 318 g/mol. The van der Waals surface area contributed by atoms with Crippen LogP contribution in [0.1, 0.15) is 34.6 Å². The van der Waals surface area contributed by atoms with E-state index in [2.05, 4.69) is 13.8 Å². The number of nitrogens with zero attached hydrogens (tertiary/aromatic N) is 1. The second-order valence-electron chi connectivity index (χ2n) is 6.12. The fraction of sp³-hybridized carbons (Fsp3) is 0.857. The molecule has 0 saturated carbocycles. The first-order valence-electron chi connectivity index (χ1n) is 7.47. The van der Waals surface area contributed by atoms with Crippen LogP contribution >= 0.6 is 7.52 Å². The molecule has 0 aliphatic heterocycles. The average Bonchev–Trinajstić information content (AvgIpc) is 2.40. The van der Waals surface area contributed by atoms with Crippen molar-refractivity contribution in [1.29, 1.82) is 0 Å². The maximum absolute atomic E-state index is 12.8. The minimum absolute atomic E-state index is 0.0232. The van der Waals surface area contributed by atoms with Crippen molar-refractivity contribution in [2.45, 2.75) is 52.4 Å². The van der Waals surface area contributed by atoms with E-state index in [9.17, 15) is 4.57 Å². The number of hydrogen-bond acceptors (Lipinski definition) is 4. The van der Waals surface area contributed by atoms with Crippen molar-refractivity contribution in [3.05, 3.63) is 11.1 Å². The Balaban J connectivity index is 4.73. The van der Waals surface area contributed by atoms with E-state index in [4.69, 9.17) is 15.0 Å². The molecule has 0 aromatic heterocycles. The first kappa shape index (κ1) is 20.9. The van der Waals surface area contributed by atoms with E-state index in [1.54, 1.807) is 18.8 Å². The summed E-state index contributed by atoms with van der Waals surface area (Å²) in [5.74, 6) is 0. The maximum Gasteiger partial charge on any atom is 0.274 e. The maximum atomic E-state index is 12.8. The lowest BCUT2D eigenvalue weighted by molar-refractivity contribution is 0.0191. The van der Waals surface area contributed by atoms with E-state index in [1.807, 2.05) is 28.6 Å². The van der Waals surface area contributed by atoms with Crippen molar-refractivity contribution in [1.82, 2.24) is 4.67 Å². The Kier molecular flexibility index (Phi) is 9.06. The fourth-order valence-corrected chi connectivity index (χ4v) is 3.71. The van der Waals surface area contributed by atoms with Crippen LogP contribution in [-0.2, 0) is 13.8 Å². The zero-order valence-corrected chi connectivity index (χ0v) is 15.7. The molecule has 0 aromatic carbocycles. The summed E-state index contributed by atoms with van der Waals surface area (Å²) in [6, 6.07) is -0.0232. The molecule has 0 spiro atoms. The molecule has 0 fully saturated rings. The Morgan fingerprint density at radius 1 is 1.29 bits per heavy atom. The van der Waals surface area contributed by atoms with Crippen LogP contribution in [0.2, 0.25) is 0 Å². The van der Waals surface area contributed by atoms with Crippen molar-refractivity contribution in [2.75, 3.05) is 27.2 Å². The summed E-state index contributed by atoms with van der Waals surface area (Å²) in [5.41, 5.74) is 8.11. The van der Waals surface area contributed by atoms with E-state index < -0.39 is 7.52 Å². The van der Waals surface area contributed by atoms with Crippen molar-refractivity contribution < 1.29 is 13.8 Å². The Bertz CT molecular complexity index is 384. The Morgan fingerprint density at radius 3 is 2.14 bits per heavy atom. The number of rotatable bonds is 9. The van der Waals surface area contributed by atoms with Gasteiger partial charge in [0.1, 0.15) is 7.85 Å². The molecule has 0 aliphatic rings. The summed E-state index contributed by atoms with van der Waals surface area (Å²) in [6.07, 6.45) is -0.263. The van der Waals surface area contributed by atoms with Gasteiger partial charge < -0.3 is 15.0 Å². The van der Waals surface area contributed by atoms with Crippen LogP contribution in [0.3, 0.4) is 0 Å². The molecule has 0 bridgehead atoms. The van der Waals surface area contributed by atoms with Gasteiger partial charge >= 0.3 is 0 Å². The van der Waals surface area contributed by atoms with Crippen molar-refractivity contribution >= 4 is 15.4 Å². The minimum atomic E-state index is -2.83. The van der Waals surface area contributed by atoms with Crippen LogP contribution in [-0.4, -0.2) is 57.5 Å². The molecule has 5 nitrogen and oxygen atoms in total. The molecule has 3 atom stereocenters. The molecule has 2 unspecified atom stereocenters. The van der Waals surface area contributed by atoms with Gasteiger partial charge in [0.2, 0.25) is 0 Å². The lowest BCUT2D eigenvalue weighted by Gasteiger charge is -2.30. The highest BCUT2D eigenvalue weighted by Crippen LogP contribution is 2.53. The van der Waals surface area contributed by atoms with Gasteiger partial charge in [0.15, 0.2) is 0 Å². The Labute approximate surface area is 131 Å². The second-order valence-corrected chi connectivity index (χ2v) is 9.34. The highest BCUT2D eigenvalue weighted by atomic mass is 31.2. The third-order valence-corrected chi connectivity index (χ3v) is 6.65. The third-order valence-electron chi connectivity index (χ3n) is 3.71. The van der Waals surface area contributed by atoms with Crippen LogP contribution in [0.15, 0.2) is 11.1 Å². The van der Waals surface area contributed by atoms with Crippen LogP contribution in [0.25, 0.3) is 0 Å². The summed E-state index contributed by atoms with van der Waals surface area (Å²) >= 11 is 0. The predicted molar refractivity (Wildman–Crippen MR) is 92.7 cm³/mol. The minimum Gasteiger partial charge on any atom is -0.376 e. The predicted octanol–water partition coefficient (Wildman–Crippen LogP) is 1.83. The van der Waals surface area contributed by atoms with Gasteiger partial charge in [0.25, 0.3) is 7.52 Å². The quantitative estimate of drug-likeness (QED) is 0.399. The van der Waals surface area contributed by atoms with Crippen molar-refractivity contribution in [3.63, 3.8) is 0 Å². The highest BCUT2D eigenvalue weighted by molar-refractivity contribution is 7.57. The first-order chi connectivity index (χ1) is 9.56. The highest BCUT2D eigenvalue weighted by Gasteiger charge is 2.31. The molecule has 0 amide bonds. The summed E-state index contributed by atoms with van der Waals surface area (Å²) in [7, 11) is 2.71. The molecule has 0 heterocycles. The average molecular weight is 318 g/mol. The number of allylic oxidation sites excluding steroid dienone is 1. The molecule has 2 N–H and O–H groups in total. The Hall–Kier alpha value is -0.125. The lowest BCUT2D eigenvalue weighted by Crippen LogP contribution is -2.34. The number of hydrogen-bond donors (Lipinski definition) is 1. The molecule has 0 rings (SSSR count). The van der Waals surface area contributed by atoms with Gasteiger partial charge in [-0.05, 0) is 34.9 Å². The molecule has 124 valence electrons. The molecule has 7 heteroatoms. The largest absolute Gasteiger partial charge is 0.376 e. The first-order valence-corrected chi connectivity index (χ1v) is 9.12. The van der Waals surface area contributed by atoms with E-state index in [1.165, 1.54) is 11.1 Å². The van der Waals surface area contributed by atoms with Gasteiger partial charge in [0.05, 0.1) is 12.7 Å². The van der Waals surface area contributed by atoms with Gasteiger partial charge in [-0.25, -0.2) is 4.67 Å². The van der Waals surface area contributed by atoms with E-state index in [0.717, 1.165) is 0 Å². The zero-order valence-electron chi connectivity index (χ0n) is 14.8. The summed E-state index contributed by atoms with van der Waals surface area (Å²) in [5, 5.41) is 0. The number of ether oxygens (including phenoxy) is 1. The van der Waals surface area contributed by atoms with Gasteiger partial charge in [-0.2, -0.15) is 0 Å². The van der Waals surface area contributed by atoms with Crippen LogP contribution in [0.4, 0.5) is 0 Å². The summed E-state index contributed by atoms with van der Waals surface area (Å²) in [6.45, 7) is 10.5. The third kappa shape index (κ3) is 6.25. The Morgan fingerprint density at radius 2 is 1.81 bits per heavy atom. The van der Waals surface area contributed by atoms with E-state index in [0.29, 0.717) is 6.54 Å². The molecule has 0 aliphatic carbocycles. The summed E-state index contributed by atoms with van der Waals surface area (Å²) in [4.78, 5) is 0. The smallest absolute Gasteiger partial charge is 0.274 e. The topological polar surface area (TPSA) is 64.8 Å². The normalized spacial score (nSPS) is 17.6. The van der Waals surface area contributed by atoms with Crippen LogP contribution in [0, 0.1) is 0 Å². The van der Waals surface area contributed by atoms with Gasteiger partial charge in [0, 0.05) is 18.2 Å². The van der Waals surface area contributed by atoms with Crippen molar-refractivity contribution in [2.24, 2.45) is 5.73 Å². The molecule has 0 aromatic rings. The van der Waals surface area contributed by atoms with Gasteiger partial charge in [-0.15, -0.1) is 0 Å². The zero-order chi connectivity index (χ0) is 16.8. The van der Waals surface area contributed by atoms with Gasteiger partial charge in [-0.1, -0.05) is 25.0 Å². The fourth-order valence-electron chi connectivity index (χ4n) is 1.88. The number of nitrogens with two attached hydrogens (primary N) is 1. The van der Waals surface area contributed by atoms with Crippen LogP contribution < -0.4 is 5.73 Å². The van der Waals surface area contributed by atoms with E-state index in [-0.39, 0.29) is 24.4 Å². The van der Waals surface area contributed by atoms with Crippen LogP contribution in [0.5, 0.6) is 0 Å². The lowest BCUT2D eigenvalue weighted by atomic mass is 9.90. The van der Waals surface area contributed by atoms with E-state index >= 15 is 0 Å². The second kappa shape index (κ2) is 9.11. The molecule has 0 radical (unpaired) electrons. The van der Waals surface area contributed by atoms with Gasteiger partial charge in [-0.3, -0.25) is 4.57 Å². The molecule has 0 saturated heterocycles. The molecular weight excluding hydrogens is 286 g/mol. The standard InChI is InChI=1S/C14H32BN2O3P/c1-10(2)12(5)14(15)20-13(8-16)9-19-21(18,11(3)4)17(6)7/h11,13-14H,8-9,15-16H2,1-7H3/t13?,14-,21?/m1/s1.